The highest BCUT2D eigenvalue weighted by Crippen LogP contribution is 2.18. The van der Waals surface area contributed by atoms with Crippen molar-refractivity contribution in [2.75, 3.05) is 30.9 Å². The second-order valence-corrected chi connectivity index (χ2v) is 11.4. The third-order valence-corrected chi connectivity index (χ3v) is 7.79. The van der Waals surface area contributed by atoms with Crippen LogP contribution in [0.15, 0.2) is 36.4 Å². The van der Waals surface area contributed by atoms with Gasteiger partial charge in [0.25, 0.3) is 5.91 Å². The third-order valence-electron chi connectivity index (χ3n) is 6.18. The van der Waals surface area contributed by atoms with Gasteiger partial charge in [-0.2, -0.15) is 12.8 Å². The van der Waals surface area contributed by atoms with E-state index in [2.05, 4.69) is 19.7 Å². The Hall–Kier alpha value is -4.58. The Morgan fingerprint density at radius 1 is 1.05 bits per heavy atom. The Bertz CT molecular complexity index is 1500. The first kappa shape index (κ1) is 29.4. The lowest BCUT2D eigenvalue weighted by atomic mass is 10.0. The molecule has 1 unspecified atom stereocenters. The van der Waals surface area contributed by atoms with Gasteiger partial charge >= 0.3 is 34.1 Å². The Balaban J connectivity index is 1.38. The van der Waals surface area contributed by atoms with Crippen molar-refractivity contribution in [3.63, 3.8) is 0 Å². The fourth-order valence-electron chi connectivity index (χ4n) is 4.04. The number of carbonyl (C=O) groups is 6. The van der Waals surface area contributed by atoms with Crippen LogP contribution in [-0.4, -0.2) is 95.4 Å². The molecule has 2 saturated heterocycles. The second-order valence-electron chi connectivity index (χ2n) is 8.98. The second kappa shape index (κ2) is 11.9. The van der Waals surface area contributed by atoms with Crippen LogP contribution < -0.4 is 20.1 Å². The zero-order valence-corrected chi connectivity index (χ0v) is 23.5. The molecular formula is C23H26N8O8S2. The molecule has 16 nitrogen and oxygen atoms in total. The van der Waals surface area contributed by atoms with Crippen LogP contribution in [0.25, 0.3) is 0 Å². The number of anilines is 1. The lowest BCUT2D eigenvalue weighted by Crippen LogP contribution is -2.68. The number of imide groups is 2. The van der Waals surface area contributed by atoms with Crippen LogP contribution >= 0.6 is 11.5 Å². The molecule has 2 aliphatic rings. The number of hydrogen-bond acceptors (Lipinski definition) is 10. The summed E-state index contributed by atoms with van der Waals surface area (Å²) in [7, 11) is -4.39. The van der Waals surface area contributed by atoms with E-state index in [0.29, 0.717) is 21.9 Å². The van der Waals surface area contributed by atoms with Crippen LogP contribution in [0.5, 0.6) is 0 Å². The molecule has 0 saturated carbocycles. The highest BCUT2D eigenvalue weighted by Gasteiger charge is 2.44. The van der Waals surface area contributed by atoms with Crippen molar-refractivity contribution in [2.45, 2.75) is 25.9 Å². The van der Waals surface area contributed by atoms with Crippen LogP contribution in [0.2, 0.25) is 0 Å². The number of piperazine rings is 1. The fourth-order valence-corrected chi connectivity index (χ4v) is 5.37. The number of nitrogens with one attached hydrogen (secondary N) is 4. The van der Waals surface area contributed by atoms with Gasteiger partial charge < -0.3 is 15.5 Å². The van der Waals surface area contributed by atoms with E-state index in [-0.39, 0.29) is 25.5 Å². The van der Waals surface area contributed by atoms with Gasteiger partial charge in [-0.3, -0.25) is 29.0 Å². The largest absolute Gasteiger partial charge is 0.341 e. The van der Waals surface area contributed by atoms with Crippen molar-refractivity contribution in [3.8, 4) is 0 Å². The molecule has 2 fully saturated rings. The average Bonchev–Trinajstić information content (AvgIpc) is 3.33. The van der Waals surface area contributed by atoms with Gasteiger partial charge in [0.2, 0.25) is 5.91 Å². The van der Waals surface area contributed by atoms with E-state index in [1.807, 2.05) is 0 Å². The Labute approximate surface area is 238 Å². The average molecular weight is 607 g/mol. The van der Waals surface area contributed by atoms with Crippen LogP contribution in [0.1, 0.15) is 23.4 Å². The quantitative estimate of drug-likeness (QED) is 0.221. The van der Waals surface area contributed by atoms with E-state index in [9.17, 15) is 37.2 Å². The van der Waals surface area contributed by atoms with E-state index in [0.717, 1.165) is 16.4 Å². The molecule has 1 aromatic heterocycles. The SMILES string of the molecule is CCN1CCN(C(=O)NC(C(=O)N[C@@H]2CN(C(=O)NS(=O)(=O)Nc3cc(C)sn3)C2=O)c2ccccc2)C(=O)C1=O. The molecule has 2 aliphatic heterocycles. The topological polar surface area (TPSA) is 207 Å². The van der Waals surface area contributed by atoms with Gasteiger partial charge in [0.1, 0.15) is 12.1 Å². The van der Waals surface area contributed by atoms with Crippen molar-refractivity contribution >= 4 is 63.3 Å². The molecule has 2 aromatic rings. The molecule has 18 heteroatoms. The lowest BCUT2D eigenvalue weighted by molar-refractivity contribution is -0.153. The summed E-state index contributed by atoms with van der Waals surface area (Å²) >= 11 is 1.05. The smallest absolute Gasteiger partial charge is 0.339 e. The molecule has 0 spiro atoms. The van der Waals surface area contributed by atoms with E-state index in [1.165, 1.54) is 23.1 Å². The van der Waals surface area contributed by atoms with E-state index in [1.54, 1.807) is 36.8 Å². The van der Waals surface area contributed by atoms with Gasteiger partial charge in [-0.1, -0.05) is 30.3 Å². The van der Waals surface area contributed by atoms with Gasteiger partial charge in [0.15, 0.2) is 5.82 Å². The van der Waals surface area contributed by atoms with Crippen molar-refractivity contribution in [3.05, 3.63) is 46.8 Å². The molecule has 0 radical (unpaired) electrons. The minimum atomic E-state index is -4.39. The summed E-state index contributed by atoms with van der Waals surface area (Å²) in [5, 5.41) is 4.85. The molecule has 8 amide bonds. The standard InChI is InChI=1S/C23H26N8O8S2/c1-3-29-9-10-30(21(35)20(29)34)22(36)25-17(14-7-5-4-6-8-14)18(32)24-15-12-31(19(15)33)23(37)28-41(38,39)27-16-11-13(2)40-26-16/h4-8,11,15,17H,3,9-10,12H2,1-2H3,(H,24,32)(H,25,36)(H,26,27)(H,28,37)/t15-,17?/m1/s1. The first-order valence-electron chi connectivity index (χ1n) is 12.3. The summed E-state index contributed by atoms with van der Waals surface area (Å²) in [6.07, 6.45) is 0. The van der Waals surface area contributed by atoms with Crippen molar-refractivity contribution in [2.24, 2.45) is 0 Å². The van der Waals surface area contributed by atoms with Crippen molar-refractivity contribution in [1.82, 2.24) is 34.4 Å². The number of likely N-dealkylation sites (N-methyl/N-ethyl adjacent to an activating group) is 1. The Morgan fingerprint density at radius 2 is 1.76 bits per heavy atom. The summed E-state index contributed by atoms with van der Waals surface area (Å²) < 4.78 is 32.0. The minimum absolute atomic E-state index is 0.000172. The number of nitrogens with zero attached hydrogens (tertiary/aromatic N) is 4. The maximum absolute atomic E-state index is 13.2. The molecule has 3 heterocycles. The van der Waals surface area contributed by atoms with E-state index in [4.69, 9.17) is 0 Å². The number of amides is 8. The molecule has 4 N–H and O–H groups in total. The summed E-state index contributed by atoms with van der Waals surface area (Å²) in [6.45, 7) is 3.43. The van der Waals surface area contributed by atoms with Crippen LogP contribution in [-0.2, 0) is 29.4 Å². The number of aromatic nitrogens is 1. The molecule has 218 valence electrons. The summed E-state index contributed by atoms with van der Waals surface area (Å²) in [4.78, 5) is 79.0. The Kier molecular flexibility index (Phi) is 8.52. The van der Waals surface area contributed by atoms with Crippen LogP contribution in [0.3, 0.4) is 0 Å². The molecule has 41 heavy (non-hydrogen) atoms. The highest BCUT2D eigenvalue weighted by atomic mass is 32.2. The summed E-state index contributed by atoms with van der Waals surface area (Å²) in [6, 6.07) is 4.66. The zero-order chi connectivity index (χ0) is 29.9. The summed E-state index contributed by atoms with van der Waals surface area (Å²) in [5.74, 6) is -3.59. The molecule has 4 rings (SSSR count). The van der Waals surface area contributed by atoms with E-state index >= 15 is 0 Å². The van der Waals surface area contributed by atoms with Gasteiger partial charge in [-0.15, -0.1) is 0 Å². The highest BCUT2D eigenvalue weighted by molar-refractivity contribution is 7.91. The van der Waals surface area contributed by atoms with Crippen molar-refractivity contribution in [1.29, 1.82) is 0 Å². The maximum atomic E-state index is 13.2. The Morgan fingerprint density at radius 3 is 2.37 bits per heavy atom. The van der Waals surface area contributed by atoms with Gasteiger partial charge in [0.05, 0.1) is 6.54 Å². The normalized spacial score (nSPS) is 18.0. The number of benzene rings is 1. The number of aryl methyl sites for hydroxylation is 1. The van der Waals surface area contributed by atoms with E-state index < -0.39 is 58.0 Å². The number of urea groups is 2. The predicted octanol–water partition coefficient (Wildman–Crippen LogP) is -0.714. The summed E-state index contributed by atoms with van der Waals surface area (Å²) in [5.41, 5.74) is 0.320. The number of hydrogen-bond donors (Lipinski definition) is 4. The number of carbonyl (C=O) groups excluding carboxylic acids is 6. The third kappa shape index (κ3) is 6.60. The van der Waals surface area contributed by atoms with Crippen LogP contribution in [0, 0.1) is 6.92 Å². The van der Waals surface area contributed by atoms with Crippen molar-refractivity contribution < 1.29 is 37.2 Å². The minimum Gasteiger partial charge on any atom is -0.341 e. The predicted molar refractivity (Wildman–Crippen MR) is 143 cm³/mol. The molecule has 1 aromatic carbocycles. The molecule has 2 atom stereocenters. The monoisotopic (exact) mass is 606 g/mol. The van der Waals surface area contributed by atoms with Gasteiger partial charge in [0, 0.05) is 24.5 Å². The zero-order valence-electron chi connectivity index (χ0n) is 21.8. The number of rotatable bonds is 8. The first-order valence-corrected chi connectivity index (χ1v) is 14.5. The molecule has 0 aliphatic carbocycles. The van der Waals surface area contributed by atoms with Gasteiger partial charge in [-0.05, 0) is 37.0 Å². The van der Waals surface area contributed by atoms with Gasteiger partial charge in [-0.25, -0.2) is 19.0 Å². The maximum Gasteiger partial charge on any atom is 0.339 e. The molecule has 0 bridgehead atoms. The molecular weight excluding hydrogens is 580 g/mol. The lowest BCUT2D eigenvalue weighted by Gasteiger charge is -2.37. The number of likely N-dealkylation sites (tertiary alicyclic amines) is 1. The number of β-lactam (4-membered cyclic amide) rings is 1. The fraction of sp³-hybridized carbons (Fsp3) is 0.348. The van der Waals surface area contributed by atoms with Crippen LogP contribution in [0.4, 0.5) is 15.4 Å². The first-order chi connectivity index (χ1) is 19.4.